The van der Waals surface area contributed by atoms with Crippen LogP contribution in [0.4, 0.5) is 14.9 Å². The molecule has 6 heteroatoms. The summed E-state index contributed by atoms with van der Waals surface area (Å²) >= 11 is 1.48. The van der Waals surface area contributed by atoms with Crippen molar-refractivity contribution in [2.75, 3.05) is 5.32 Å². The maximum Gasteiger partial charge on any atom is 0.319 e. The number of carbonyl (C=O) groups excluding carboxylic acids is 1. The Bertz CT molecular complexity index is 589. The zero-order valence-corrected chi connectivity index (χ0v) is 12.4. The number of aliphatic hydroxyl groups is 1. The lowest BCUT2D eigenvalue weighted by Crippen LogP contribution is -2.36. The van der Waals surface area contributed by atoms with E-state index in [1.165, 1.54) is 29.5 Å². The predicted molar refractivity (Wildman–Crippen MR) is 81.9 cm³/mol. The van der Waals surface area contributed by atoms with Gasteiger partial charge in [0.2, 0.25) is 0 Å². The highest BCUT2D eigenvalue weighted by Gasteiger charge is 2.15. The van der Waals surface area contributed by atoms with Crippen LogP contribution in [-0.2, 0) is 0 Å². The van der Waals surface area contributed by atoms with Crippen molar-refractivity contribution in [3.8, 4) is 0 Å². The molecule has 0 fully saturated rings. The number of anilines is 1. The first-order chi connectivity index (χ1) is 10.0. The van der Waals surface area contributed by atoms with Crippen molar-refractivity contribution >= 4 is 23.1 Å². The molecule has 2 aromatic rings. The van der Waals surface area contributed by atoms with E-state index in [9.17, 15) is 14.3 Å². The van der Waals surface area contributed by atoms with Gasteiger partial charge in [0.15, 0.2) is 0 Å². The molecule has 21 heavy (non-hydrogen) atoms. The van der Waals surface area contributed by atoms with Crippen molar-refractivity contribution in [2.45, 2.75) is 25.5 Å². The summed E-state index contributed by atoms with van der Waals surface area (Å²) in [4.78, 5) is 12.6. The van der Waals surface area contributed by atoms with E-state index in [2.05, 4.69) is 10.6 Å². The van der Waals surface area contributed by atoms with Gasteiger partial charge in [-0.1, -0.05) is 12.1 Å². The Morgan fingerprint density at radius 1 is 1.38 bits per heavy atom. The van der Waals surface area contributed by atoms with Gasteiger partial charge in [-0.3, -0.25) is 0 Å². The van der Waals surface area contributed by atoms with E-state index in [0.29, 0.717) is 12.1 Å². The summed E-state index contributed by atoms with van der Waals surface area (Å²) in [5.41, 5.74) is 0.388. The molecule has 0 aliphatic heterocycles. The van der Waals surface area contributed by atoms with Crippen LogP contribution in [0.15, 0.2) is 41.8 Å². The summed E-state index contributed by atoms with van der Waals surface area (Å²) < 4.78 is 13.0. The number of benzene rings is 1. The molecular formula is C15H17FN2O2S. The Morgan fingerprint density at radius 2 is 2.19 bits per heavy atom. The molecule has 0 saturated heterocycles. The Morgan fingerprint density at radius 3 is 2.86 bits per heavy atom. The molecule has 2 rings (SSSR count). The average molecular weight is 308 g/mol. The monoisotopic (exact) mass is 308 g/mol. The van der Waals surface area contributed by atoms with Crippen LogP contribution in [0.2, 0.25) is 0 Å². The molecule has 1 aromatic heterocycles. The van der Waals surface area contributed by atoms with E-state index in [4.69, 9.17) is 0 Å². The number of rotatable bonds is 5. The Balaban J connectivity index is 1.82. The molecule has 0 aliphatic carbocycles. The number of urea groups is 1. The minimum atomic E-state index is -0.602. The third-order valence-corrected chi connectivity index (χ3v) is 3.88. The highest BCUT2D eigenvalue weighted by molar-refractivity contribution is 7.10. The first-order valence-electron chi connectivity index (χ1n) is 6.59. The molecule has 3 N–H and O–H groups in total. The number of hydrogen-bond donors (Lipinski definition) is 3. The molecule has 2 atom stereocenters. The van der Waals surface area contributed by atoms with E-state index in [0.717, 1.165) is 4.88 Å². The largest absolute Gasteiger partial charge is 0.387 e. The van der Waals surface area contributed by atoms with Gasteiger partial charge in [0.25, 0.3) is 0 Å². The maximum atomic E-state index is 13.0. The molecule has 0 saturated carbocycles. The fourth-order valence-electron chi connectivity index (χ4n) is 1.95. The second-order valence-corrected chi connectivity index (χ2v) is 5.76. The first kappa shape index (κ1) is 15.5. The number of aliphatic hydroxyl groups excluding tert-OH is 1. The SMILES string of the molecule is C[C@@H](C[C@H](O)c1cccs1)NC(=O)Nc1cccc(F)c1. The van der Waals surface area contributed by atoms with Crippen LogP contribution in [0.1, 0.15) is 24.3 Å². The molecule has 0 spiro atoms. The number of nitrogens with one attached hydrogen (secondary N) is 2. The summed E-state index contributed by atoms with van der Waals surface area (Å²) in [6.45, 7) is 1.81. The van der Waals surface area contributed by atoms with Crippen LogP contribution in [0.5, 0.6) is 0 Å². The van der Waals surface area contributed by atoms with Gasteiger partial charge in [0.05, 0.1) is 6.10 Å². The fourth-order valence-corrected chi connectivity index (χ4v) is 2.67. The number of hydrogen-bond acceptors (Lipinski definition) is 3. The first-order valence-corrected chi connectivity index (χ1v) is 7.47. The Kier molecular flexibility index (Phi) is 5.30. The van der Waals surface area contributed by atoms with Gasteiger partial charge in [-0.15, -0.1) is 11.3 Å². The van der Waals surface area contributed by atoms with E-state index >= 15 is 0 Å². The van der Waals surface area contributed by atoms with E-state index in [1.807, 2.05) is 24.4 Å². The van der Waals surface area contributed by atoms with E-state index in [-0.39, 0.29) is 6.04 Å². The summed E-state index contributed by atoms with van der Waals surface area (Å²) in [5.74, 6) is -0.408. The predicted octanol–water partition coefficient (Wildman–Crippen LogP) is 3.52. The molecule has 2 amide bonds. The maximum absolute atomic E-state index is 13.0. The van der Waals surface area contributed by atoms with Gasteiger partial charge in [-0.2, -0.15) is 0 Å². The van der Waals surface area contributed by atoms with Crippen LogP contribution in [0, 0.1) is 5.82 Å². The van der Waals surface area contributed by atoms with Crippen molar-refractivity contribution in [3.05, 3.63) is 52.5 Å². The lowest BCUT2D eigenvalue weighted by molar-refractivity contribution is 0.158. The number of carbonyl (C=O) groups is 1. The van der Waals surface area contributed by atoms with Gasteiger partial charge in [0, 0.05) is 16.6 Å². The number of halogens is 1. The van der Waals surface area contributed by atoms with Crippen LogP contribution in [0.25, 0.3) is 0 Å². The minimum absolute atomic E-state index is 0.212. The topological polar surface area (TPSA) is 61.4 Å². The van der Waals surface area contributed by atoms with Crippen molar-refractivity contribution in [1.82, 2.24) is 5.32 Å². The Hall–Kier alpha value is -1.92. The summed E-state index contributed by atoms with van der Waals surface area (Å²) in [6, 6.07) is 8.77. The summed E-state index contributed by atoms with van der Waals surface area (Å²) in [5, 5.41) is 17.2. The third kappa shape index (κ3) is 4.84. The van der Waals surface area contributed by atoms with Crippen molar-refractivity contribution in [1.29, 1.82) is 0 Å². The lowest BCUT2D eigenvalue weighted by atomic mass is 10.1. The van der Waals surface area contributed by atoms with Crippen LogP contribution in [0.3, 0.4) is 0 Å². The standard InChI is InChI=1S/C15H17FN2O2S/c1-10(8-13(19)14-6-3-7-21-14)17-15(20)18-12-5-2-4-11(16)9-12/h2-7,9-10,13,19H,8H2,1H3,(H2,17,18,20)/t10-,13-/m0/s1. The molecule has 1 heterocycles. The zero-order chi connectivity index (χ0) is 15.2. The van der Waals surface area contributed by atoms with Gasteiger partial charge in [-0.25, -0.2) is 9.18 Å². The van der Waals surface area contributed by atoms with E-state index < -0.39 is 18.0 Å². The van der Waals surface area contributed by atoms with Gasteiger partial charge in [0.1, 0.15) is 5.82 Å². The second kappa shape index (κ2) is 7.19. The van der Waals surface area contributed by atoms with Crippen LogP contribution in [-0.4, -0.2) is 17.2 Å². The summed E-state index contributed by atoms with van der Waals surface area (Å²) in [6.07, 6.45) is -0.189. The van der Waals surface area contributed by atoms with Crippen molar-refractivity contribution in [2.24, 2.45) is 0 Å². The van der Waals surface area contributed by atoms with Crippen LogP contribution < -0.4 is 10.6 Å². The van der Waals surface area contributed by atoms with Gasteiger partial charge < -0.3 is 15.7 Å². The molecule has 112 valence electrons. The summed E-state index contributed by atoms with van der Waals surface area (Å²) in [7, 11) is 0. The quantitative estimate of drug-likeness (QED) is 0.791. The third-order valence-electron chi connectivity index (χ3n) is 2.91. The highest BCUT2D eigenvalue weighted by atomic mass is 32.1. The van der Waals surface area contributed by atoms with Gasteiger partial charge in [-0.05, 0) is 43.0 Å². The normalized spacial score (nSPS) is 13.5. The Labute approximate surface area is 126 Å². The molecule has 0 bridgehead atoms. The minimum Gasteiger partial charge on any atom is -0.387 e. The van der Waals surface area contributed by atoms with Gasteiger partial charge >= 0.3 is 6.03 Å². The van der Waals surface area contributed by atoms with Crippen molar-refractivity contribution < 1.29 is 14.3 Å². The number of amides is 2. The van der Waals surface area contributed by atoms with E-state index in [1.54, 1.807) is 6.07 Å². The lowest BCUT2D eigenvalue weighted by Gasteiger charge is -2.17. The second-order valence-electron chi connectivity index (χ2n) is 4.78. The molecule has 1 aromatic carbocycles. The average Bonchev–Trinajstić information content (AvgIpc) is 2.91. The highest BCUT2D eigenvalue weighted by Crippen LogP contribution is 2.22. The molecule has 4 nitrogen and oxygen atoms in total. The molecule has 0 unspecified atom stereocenters. The van der Waals surface area contributed by atoms with Crippen LogP contribution >= 0.6 is 11.3 Å². The number of thiophene rings is 1. The molecule has 0 aliphatic rings. The smallest absolute Gasteiger partial charge is 0.319 e. The molecule has 0 radical (unpaired) electrons. The zero-order valence-electron chi connectivity index (χ0n) is 11.5. The molecular weight excluding hydrogens is 291 g/mol. The van der Waals surface area contributed by atoms with Crippen molar-refractivity contribution in [3.63, 3.8) is 0 Å². The fraction of sp³-hybridized carbons (Fsp3) is 0.267.